The summed E-state index contributed by atoms with van der Waals surface area (Å²) >= 11 is 5.97. The fourth-order valence-corrected chi connectivity index (χ4v) is 2.87. The summed E-state index contributed by atoms with van der Waals surface area (Å²) in [6, 6.07) is 14.1. The minimum Gasteiger partial charge on any atom is -0.348 e. The van der Waals surface area contributed by atoms with E-state index in [1.807, 2.05) is 54.3 Å². The van der Waals surface area contributed by atoms with Crippen molar-refractivity contribution < 1.29 is 9.66 Å². The van der Waals surface area contributed by atoms with Crippen molar-refractivity contribution in [3.8, 4) is 0 Å². The third-order valence-corrected chi connectivity index (χ3v) is 4.40. The van der Waals surface area contributed by atoms with E-state index in [0.29, 0.717) is 10.6 Å². The van der Waals surface area contributed by atoms with E-state index in [0.717, 1.165) is 11.4 Å². The average molecular weight is 360 g/mol. The summed E-state index contributed by atoms with van der Waals surface area (Å²) in [7, 11) is 1.94. The Hall–Kier alpha value is -2.57. The molecule has 0 spiro atoms. The van der Waals surface area contributed by atoms with Gasteiger partial charge in [0.05, 0.1) is 22.8 Å². The lowest BCUT2D eigenvalue weighted by Crippen LogP contribution is -2.41. The van der Waals surface area contributed by atoms with Gasteiger partial charge in [-0.05, 0) is 43.3 Å². The molecule has 25 heavy (non-hydrogen) atoms. The van der Waals surface area contributed by atoms with Crippen LogP contribution in [0.4, 0.5) is 11.4 Å². The van der Waals surface area contributed by atoms with E-state index >= 15 is 0 Å². The fraction of sp³-hybridized carbons (Fsp3) is 0.222. The minimum atomic E-state index is -0.391. The maximum atomic E-state index is 11.1. The predicted molar refractivity (Wildman–Crippen MR) is 97.1 cm³/mol. The number of benzene rings is 2. The third-order valence-electron chi connectivity index (χ3n) is 4.15. The number of hydrazine groups is 1. The van der Waals surface area contributed by atoms with E-state index in [2.05, 4.69) is 0 Å². The Kier molecular flexibility index (Phi) is 4.92. The highest BCUT2D eigenvalue weighted by Gasteiger charge is 2.29. The van der Waals surface area contributed by atoms with Crippen molar-refractivity contribution in [2.45, 2.75) is 19.8 Å². The summed E-state index contributed by atoms with van der Waals surface area (Å²) < 4.78 is 5.99. The summed E-state index contributed by atoms with van der Waals surface area (Å²) in [4.78, 5) is 10.8. The molecule has 1 heterocycles. The number of rotatable bonds is 5. The zero-order valence-corrected chi connectivity index (χ0v) is 14.7. The molecule has 0 radical (unpaired) electrons. The van der Waals surface area contributed by atoms with Crippen molar-refractivity contribution >= 4 is 23.0 Å². The van der Waals surface area contributed by atoms with Crippen molar-refractivity contribution in [1.29, 1.82) is 0 Å². The molecule has 0 saturated heterocycles. The number of allylic oxidation sites excluding steroid dienone is 1. The van der Waals surface area contributed by atoms with Gasteiger partial charge in [-0.3, -0.25) is 20.1 Å². The van der Waals surface area contributed by atoms with Crippen LogP contribution < -0.4 is 5.01 Å². The van der Waals surface area contributed by atoms with Gasteiger partial charge in [0.25, 0.3) is 5.69 Å². The first-order valence-electron chi connectivity index (χ1n) is 7.78. The maximum absolute atomic E-state index is 11.1. The molecule has 1 unspecified atom stereocenters. The minimum absolute atomic E-state index is 0.0626. The molecule has 3 rings (SSSR count). The molecule has 6 nitrogen and oxygen atoms in total. The summed E-state index contributed by atoms with van der Waals surface area (Å²) in [5.41, 5.74) is 2.56. The number of hydrogen-bond donors (Lipinski definition) is 0. The lowest BCUT2D eigenvalue weighted by Gasteiger charge is -2.34. The van der Waals surface area contributed by atoms with Crippen LogP contribution in [0.15, 0.2) is 60.3 Å². The highest BCUT2D eigenvalue weighted by atomic mass is 35.5. The summed E-state index contributed by atoms with van der Waals surface area (Å²) in [5, 5.41) is 15.8. The molecule has 0 bridgehead atoms. The predicted octanol–water partition coefficient (Wildman–Crippen LogP) is 4.36. The molecule has 7 heteroatoms. The van der Waals surface area contributed by atoms with Crippen LogP contribution in [0.2, 0.25) is 5.02 Å². The Morgan fingerprint density at radius 3 is 2.56 bits per heavy atom. The normalized spacial score (nSPS) is 16.9. The van der Waals surface area contributed by atoms with Crippen molar-refractivity contribution in [3.05, 3.63) is 81.0 Å². The van der Waals surface area contributed by atoms with Gasteiger partial charge in [-0.1, -0.05) is 23.7 Å². The van der Waals surface area contributed by atoms with Gasteiger partial charge < -0.3 is 4.74 Å². The van der Waals surface area contributed by atoms with Gasteiger partial charge in [-0.2, -0.15) is 0 Å². The molecule has 0 amide bonds. The number of halogens is 1. The standard InChI is InChI=1S/C18H18ClN3O3/c1-13-11-18(21(20(13)2)16-9-7-15(19)8-10-16)25-12-14-5-3-4-6-17(14)22(23)24/h3-11,18H,12H2,1-2H3. The first kappa shape index (κ1) is 17.3. The van der Waals surface area contributed by atoms with Crippen molar-refractivity contribution in [1.82, 2.24) is 5.01 Å². The molecular weight excluding hydrogens is 342 g/mol. The highest BCUT2D eigenvalue weighted by Crippen LogP contribution is 2.30. The Morgan fingerprint density at radius 1 is 1.20 bits per heavy atom. The van der Waals surface area contributed by atoms with Gasteiger partial charge in [0.15, 0.2) is 6.23 Å². The molecular formula is C18H18ClN3O3. The molecule has 0 saturated carbocycles. The van der Waals surface area contributed by atoms with Gasteiger partial charge in [0.2, 0.25) is 0 Å². The Balaban J connectivity index is 1.80. The largest absolute Gasteiger partial charge is 0.348 e. The second-order valence-corrected chi connectivity index (χ2v) is 6.18. The first-order chi connectivity index (χ1) is 12.0. The van der Waals surface area contributed by atoms with Gasteiger partial charge in [-0.15, -0.1) is 0 Å². The van der Waals surface area contributed by atoms with Gasteiger partial charge in [0.1, 0.15) is 0 Å². The maximum Gasteiger partial charge on any atom is 0.274 e. The van der Waals surface area contributed by atoms with E-state index in [4.69, 9.17) is 16.3 Å². The monoisotopic (exact) mass is 359 g/mol. The van der Waals surface area contributed by atoms with Crippen LogP contribution in [-0.4, -0.2) is 23.2 Å². The molecule has 1 aliphatic heterocycles. The summed E-state index contributed by atoms with van der Waals surface area (Å²) in [6.45, 7) is 2.13. The lowest BCUT2D eigenvalue weighted by atomic mass is 10.2. The Morgan fingerprint density at radius 2 is 1.88 bits per heavy atom. The highest BCUT2D eigenvalue weighted by molar-refractivity contribution is 6.30. The van der Waals surface area contributed by atoms with Crippen molar-refractivity contribution in [2.24, 2.45) is 0 Å². The quantitative estimate of drug-likeness (QED) is 0.586. The van der Waals surface area contributed by atoms with Crippen LogP contribution in [-0.2, 0) is 11.3 Å². The van der Waals surface area contributed by atoms with Crippen LogP contribution in [0.1, 0.15) is 12.5 Å². The summed E-state index contributed by atoms with van der Waals surface area (Å²) in [5.74, 6) is 0. The zero-order chi connectivity index (χ0) is 18.0. The molecule has 2 aromatic rings. The Bertz CT molecular complexity index is 807. The number of nitrogens with zero attached hydrogens (tertiary/aromatic N) is 3. The first-order valence-corrected chi connectivity index (χ1v) is 8.16. The number of anilines is 1. The fourth-order valence-electron chi connectivity index (χ4n) is 2.74. The molecule has 2 aromatic carbocycles. The second kappa shape index (κ2) is 7.13. The molecule has 0 aromatic heterocycles. The van der Waals surface area contributed by atoms with Crippen LogP contribution in [0.5, 0.6) is 0 Å². The van der Waals surface area contributed by atoms with Gasteiger partial charge >= 0.3 is 0 Å². The van der Waals surface area contributed by atoms with Crippen LogP contribution >= 0.6 is 11.6 Å². The lowest BCUT2D eigenvalue weighted by molar-refractivity contribution is -0.386. The smallest absolute Gasteiger partial charge is 0.274 e. The van der Waals surface area contributed by atoms with Crippen molar-refractivity contribution in [3.63, 3.8) is 0 Å². The van der Waals surface area contributed by atoms with Crippen LogP contribution in [0.25, 0.3) is 0 Å². The average Bonchev–Trinajstić information content (AvgIpc) is 2.88. The molecule has 1 atom stereocenters. The molecule has 0 N–H and O–H groups in total. The zero-order valence-electron chi connectivity index (χ0n) is 13.9. The van der Waals surface area contributed by atoms with Crippen LogP contribution in [0.3, 0.4) is 0 Å². The topological polar surface area (TPSA) is 58.9 Å². The van der Waals surface area contributed by atoms with Crippen LogP contribution in [0, 0.1) is 10.1 Å². The molecule has 0 fully saturated rings. The summed E-state index contributed by atoms with van der Waals surface area (Å²) in [6.07, 6.45) is 1.62. The van der Waals surface area contributed by atoms with Gasteiger partial charge in [-0.25, -0.2) is 0 Å². The molecule has 1 aliphatic rings. The number of nitro groups is 1. The second-order valence-electron chi connectivity index (χ2n) is 5.74. The molecule has 130 valence electrons. The Labute approximate surface area is 151 Å². The van der Waals surface area contributed by atoms with Crippen molar-refractivity contribution in [2.75, 3.05) is 12.1 Å². The number of ether oxygens (including phenoxy) is 1. The van der Waals surface area contributed by atoms with E-state index in [-0.39, 0.29) is 18.5 Å². The SMILES string of the molecule is CC1=CC(OCc2ccccc2[N+](=O)[O-])N(c2ccc(Cl)cc2)N1C. The van der Waals surface area contributed by atoms with E-state index in [1.54, 1.807) is 18.2 Å². The number of nitro benzene ring substituents is 1. The number of hydrogen-bond acceptors (Lipinski definition) is 5. The van der Waals surface area contributed by atoms with Gasteiger partial charge in [0, 0.05) is 23.8 Å². The van der Waals surface area contributed by atoms with E-state index in [1.165, 1.54) is 6.07 Å². The molecule has 0 aliphatic carbocycles. The van der Waals surface area contributed by atoms with E-state index < -0.39 is 4.92 Å². The number of para-hydroxylation sites is 1. The third kappa shape index (κ3) is 3.60. The van der Waals surface area contributed by atoms with E-state index in [9.17, 15) is 10.1 Å².